The summed E-state index contributed by atoms with van der Waals surface area (Å²) >= 11 is 0. The van der Waals surface area contributed by atoms with Crippen molar-refractivity contribution in [2.45, 2.75) is 91.6 Å². The Labute approximate surface area is 135 Å². The van der Waals surface area contributed by atoms with Crippen molar-refractivity contribution in [3.8, 4) is 0 Å². The van der Waals surface area contributed by atoms with Crippen LogP contribution in [0.4, 0.5) is 0 Å². The molecule has 0 aliphatic carbocycles. The van der Waals surface area contributed by atoms with Crippen molar-refractivity contribution in [3.63, 3.8) is 0 Å². The van der Waals surface area contributed by atoms with Crippen LogP contribution in [0, 0.1) is 5.41 Å². The van der Waals surface area contributed by atoms with Crippen LogP contribution in [0.15, 0.2) is 0 Å². The Morgan fingerprint density at radius 1 is 0.955 bits per heavy atom. The van der Waals surface area contributed by atoms with Gasteiger partial charge in [-0.2, -0.15) is 0 Å². The standard InChI is InChI=1S/C18H34O4/c1-6-8-9-10-11-12-13-14-17(4,16(20)22-7-2)18(5,21)15(3)19/h21H,6-14H2,1-5H3. The van der Waals surface area contributed by atoms with Gasteiger partial charge in [0.1, 0.15) is 11.0 Å². The van der Waals surface area contributed by atoms with Crippen LogP contribution in [0.25, 0.3) is 0 Å². The third-order valence-electron chi connectivity index (χ3n) is 4.77. The maximum Gasteiger partial charge on any atom is 0.315 e. The van der Waals surface area contributed by atoms with E-state index in [4.69, 9.17) is 4.74 Å². The number of carbonyl (C=O) groups excluding carboxylic acids is 2. The van der Waals surface area contributed by atoms with E-state index in [1.54, 1.807) is 13.8 Å². The first-order valence-electron chi connectivity index (χ1n) is 8.64. The van der Waals surface area contributed by atoms with Gasteiger partial charge in [0.2, 0.25) is 0 Å². The summed E-state index contributed by atoms with van der Waals surface area (Å²) in [5.41, 5.74) is -2.88. The van der Waals surface area contributed by atoms with Gasteiger partial charge in [0.05, 0.1) is 6.61 Å². The normalized spacial score (nSPS) is 16.6. The van der Waals surface area contributed by atoms with Gasteiger partial charge in [-0.15, -0.1) is 0 Å². The number of hydrogen-bond donors (Lipinski definition) is 1. The summed E-state index contributed by atoms with van der Waals surface area (Å²) in [6.45, 7) is 8.56. The molecule has 0 radical (unpaired) electrons. The van der Waals surface area contributed by atoms with Crippen molar-refractivity contribution in [2.75, 3.05) is 6.61 Å². The molecule has 0 saturated carbocycles. The third kappa shape index (κ3) is 5.71. The molecule has 1 N–H and O–H groups in total. The fourth-order valence-corrected chi connectivity index (χ4v) is 2.66. The Hall–Kier alpha value is -0.900. The molecular weight excluding hydrogens is 280 g/mol. The molecule has 0 aliphatic heterocycles. The summed E-state index contributed by atoms with van der Waals surface area (Å²) in [5.74, 6) is -0.882. The second-order valence-corrected chi connectivity index (χ2v) is 6.55. The van der Waals surface area contributed by atoms with Gasteiger partial charge in [-0.05, 0) is 34.1 Å². The Balaban J connectivity index is 4.63. The van der Waals surface area contributed by atoms with Gasteiger partial charge >= 0.3 is 5.97 Å². The van der Waals surface area contributed by atoms with Crippen molar-refractivity contribution in [2.24, 2.45) is 5.41 Å². The first kappa shape index (κ1) is 21.1. The number of carbonyl (C=O) groups is 2. The molecule has 0 heterocycles. The highest BCUT2D eigenvalue weighted by atomic mass is 16.5. The van der Waals surface area contributed by atoms with Crippen molar-refractivity contribution in [1.29, 1.82) is 0 Å². The van der Waals surface area contributed by atoms with Crippen molar-refractivity contribution < 1.29 is 19.4 Å². The minimum absolute atomic E-state index is 0.249. The molecule has 2 atom stereocenters. The van der Waals surface area contributed by atoms with Crippen LogP contribution in [0.1, 0.15) is 86.0 Å². The Morgan fingerprint density at radius 2 is 1.45 bits per heavy atom. The van der Waals surface area contributed by atoms with Crippen molar-refractivity contribution in [1.82, 2.24) is 0 Å². The average molecular weight is 314 g/mol. The quantitative estimate of drug-likeness (QED) is 0.436. The number of rotatable bonds is 12. The minimum atomic E-state index is -1.69. The van der Waals surface area contributed by atoms with Gasteiger partial charge in [-0.25, -0.2) is 0 Å². The molecule has 0 fully saturated rings. The van der Waals surface area contributed by atoms with E-state index in [9.17, 15) is 14.7 Å². The topological polar surface area (TPSA) is 63.6 Å². The lowest BCUT2D eigenvalue weighted by Gasteiger charge is -2.38. The molecule has 22 heavy (non-hydrogen) atoms. The zero-order valence-electron chi connectivity index (χ0n) is 15.0. The lowest BCUT2D eigenvalue weighted by molar-refractivity contribution is -0.177. The van der Waals surface area contributed by atoms with E-state index in [0.29, 0.717) is 6.42 Å². The van der Waals surface area contributed by atoms with Crippen molar-refractivity contribution in [3.05, 3.63) is 0 Å². The summed E-state index contributed by atoms with van der Waals surface area (Å²) < 4.78 is 5.10. The fraction of sp³-hybridized carbons (Fsp3) is 0.889. The van der Waals surface area contributed by atoms with Gasteiger partial charge in [-0.1, -0.05) is 51.9 Å². The van der Waals surface area contributed by atoms with Crippen LogP contribution >= 0.6 is 0 Å². The second-order valence-electron chi connectivity index (χ2n) is 6.55. The molecule has 4 heteroatoms. The number of hydrogen-bond acceptors (Lipinski definition) is 4. The molecule has 0 saturated heterocycles. The zero-order valence-corrected chi connectivity index (χ0v) is 15.0. The molecule has 0 aromatic heterocycles. The van der Waals surface area contributed by atoms with E-state index in [1.165, 1.54) is 39.5 Å². The molecule has 0 bridgehead atoms. The molecule has 0 spiro atoms. The van der Waals surface area contributed by atoms with Gasteiger partial charge in [0.25, 0.3) is 0 Å². The molecule has 0 amide bonds. The van der Waals surface area contributed by atoms with Gasteiger partial charge < -0.3 is 9.84 Å². The van der Waals surface area contributed by atoms with Gasteiger partial charge in [-0.3, -0.25) is 9.59 Å². The minimum Gasteiger partial charge on any atom is -0.465 e. The first-order valence-corrected chi connectivity index (χ1v) is 8.64. The monoisotopic (exact) mass is 314 g/mol. The van der Waals surface area contributed by atoms with E-state index >= 15 is 0 Å². The Morgan fingerprint density at radius 3 is 1.91 bits per heavy atom. The van der Waals surface area contributed by atoms with Crippen LogP contribution in [0.2, 0.25) is 0 Å². The van der Waals surface area contributed by atoms with Crippen LogP contribution < -0.4 is 0 Å². The summed E-state index contributed by atoms with van der Waals surface area (Å²) in [4.78, 5) is 24.1. The Kier molecular flexibility index (Phi) is 9.58. The second kappa shape index (κ2) is 9.98. The summed E-state index contributed by atoms with van der Waals surface area (Å²) in [7, 11) is 0. The largest absolute Gasteiger partial charge is 0.465 e. The lowest BCUT2D eigenvalue weighted by Crippen LogP contribution is -2.54. The molecule has 0 rings (SSSR count). The molecular formula is C18H34O4. The molecule has 0 aliphatic rings. The smallest absolute Gasteiger partial charge is 0.315 e. The van der Waals surface area contributed by atoms with Crippen molar-refractivity contribution >= 4 is 11.8 Å². The summed E-state index contributed by atoms with van der Waals surface area (Å²) in [6.07, 6.45) is 8.34. The van der Waals surface area contributed by atoms with Crippen LogP contribution in [-0.2, 0) is 14.3 Å². The predicted molar refractivity (Wildman–Crippen MR) is 88.7 cm³/mol. The molecule has 4 nitrogen and oxygen atoms in total. The number of ketones is 1. The lowest BCUT2D eigenvalue weighted by atomic mass is 9.69. The van der Waals surface area contributed by atoms with Crippen LogP contribution in [0.3, 0.4) is 0 Å². The number of esters is 1. The van der Waals surface area contributed by atoms with E-state index in [0.717, 1.165) is 19.3 Å². The maximum atomic E-state index is 12.3. The number of unbranched alkanes of at least 4 members (excludes halogenated alkanes) is 6. The van der Waals surface area contributed by atoms with E-state index in [-0.39, 0.29) is 6.61 Å². The predicted octanol–water partition coefficient (Wildman–Crippen LogP) is 4.04. The zero-order chi connectivity index (χ0) is 17.2. The fourth-order valence-electron chi connectivity index (χ4n) is 2.66. The average Bonchev–Trinajstić information content (AvgIpc) is 2.45. The first-order chi connectivity index (χ1) is 10.2. The molecule has 0 aromatic carbocycles. The highest BCUT2D eigenvalue weighted by Gasteiger charge is 2.52. The highest BCUT2D eigenvalue weighted by molar-refractivity contribution is 5.92. The van der Waals surface area contributed by atoms with Crippen LogP contribution in [0.5, 0.6) is 0 Å². The van der Waals surface area contributed by atoms with E-state index in [1.807, 2.05) is 0 Å². The molecule has 130 valence electrons. The van der Waals surface area contributed by atoms with Crippen LogP contribution in [-0.4, -0.2) is 29.1 Å². The Bertz CT molecular complexity index is 349. The molecule has 2 unspecified atom stereocenters. The molecule has 0 aromatic rings. The third-order valence-corrected chi connectivity index (χ3v) is 4.77. The number of ether oxygens (including phenoxy) is 1. The van der Waals surface area contributed by atoms with Gasteiger partial charge in [0.15, 0.2) is 5.78 Å². The summed E-state index contributed by atoms with van der Waals surface area (Å²) in [6, 6.07) is 0. The van der Waals surface area contributed by atoms with E-state index in [2.05, 4.69) is 6.92 Å². The van der Waals surface area contributed by atoms with Gasteiger partial charge in [0, 0.05) is 0 Å². The highest BCUT2D eigenvalue weighted by Crippen LogP contribution is 2.38. The summed E-state index contributed by atoms with van der Waals surface area (Å²) in [5, 5.41) is 10.5. The number of Topliss-reactive ketones (excluding diaryl/α,β-unsaturated/α-hetero) is 1. The number of aliphatic hydroxyl groups is 1. The SMILES string of the molecule is CCCCCCCCCC(C)(C(=O)OCC)C(C)(O)C(C)=O. The van der Waals surface area contributed by atoms with E-state index < -0.39 is 22.8 Å². The maximum absolute atomic E-state index is 12.3.